The summed E-state index contributed by atoms with van der Waals surface area (Å²) in [6, 6.07) is 8.40. The van der Waals surface area contributed by atoms with Gasteiger partial charge in [0.2, 0.25) is 0 Å². The van der Waals surface area contributed by atoms with E-state index in [1.54, 1.807) is 25.4 Å². The van der Waals surface area contributed by atoms with E-state index in [1.807, 2.05) is 6.07 Å². The maximum atomic E-state index is 13.4. The van der Waals surface area contributed by atoms with Gasteiger partial charge in [-0.3, -0.25) is 0 Å². The van der Waals surface area contributed by atoms with E-state index in [9.17, 15) is 4.39 Å². The van der Waals surface area contributed by atoms with Crippen LogP contribution < -0.4 is 5.32 Å². The monoisotopic (exact) mass is 326 g/mol. The van der Waals surface area contributed by atoms with Gasteiger partial charge in [-0.25, -0.2) is 9.37 Å². The first-order valence-corrected chi connectivity index (χ1v) is 7.66. The first-order chi connectivity index (χ1) is 10.2. The van der Waals surface area contributed by atoms with Gasteiger partial charge in [0.1, 0.15) is 10.8 Å². The minimum atomic E-state index is -0.244. The normalized spacial score (nSPS) is 10.8. The Morgan fingerprint density at radius 1 is 1.33 bits per heavy atom. The molecule has 112 valence electrons. The summed E-state index contributed by atoms with van der Waals surface area (Å²) in [6.45, 7) is 1.92. The summed E-state index contributed by atoms with van der Waals surface area (Å²) in [4.78, 5) is 5.21. The van der Waals surface area contributed by atoms with Crippen LogP contribution in [0.25, 0.3) is 0 Å². The third kappa shape index (κ3) is 5.28. The second-order valence-electron chi connectivity index (χ2n) is 4.34. The number of pyridine rings is 1. The Morgan fingerprint density at radius 2 is 2.19 bits per heavy atom. The summed E-state index contributed by atoms with van der Waals surface area (Å²) in [5.74, 6) is -0.244. The maximum Gasteiger partial charge on any atom is 0.123 e. The quantitative estimate of drug-likeness (QED) is 0.786. The molecular formula is C15H16ClFN2OS. The number of rotatable bonds is 7. The maximum absolute atomic E-state index is 13.4. The van der Waals surface area contributed by atoms with Crippen molar-refractivity contribution >= 4 is 23.4 Å². The summed E-state index contributed by atoms with van der Waals surface area (Å²) < 4.78 is 18.4. The molecule has 0 aliphatic rings. The highest BCUT2D eigenvalue weighted by Crippen LogP contribution is 2.30. The highest BCUT2D eigenvalue weighted by Gasteiger charge is 2.07. The number of benzene rings is 1. The third-order valence-corrected chi connectivity index (χ3v) is 4.03. The molecule has 21 heavy (non-hydrogen) atoms. The lowest BCUT2D eigenvalue weighted by atomic mass is 10.2. The Balaban J connectivity index is 2.08. The van der Waals surface area contributed by atoms with Crippen molar-refractivity contribution in [1.82, 2.24) is 10.3 Å². The SMILES string of the molecule is COCCNCc1cc(F)ccc1Sc1ccc(Cl)cn1. The zero-order valence-electron chi connectivity index (χ0n) is 11.6. The van der Waals surface area contributed by atoms with E-state index in [-0.39, 0.29) is 5.82 Å². The number of nitrogens with zero attached hydrogens (tertiary/aromatic N) is 1. The van der Waals surface area contributed by atoms with Gasteiger partial charge in [-0.15, -0.1) is 0 Å². The molecule has 1 aromatic carbocycles. The fourth-order valence-corrected chi connectivity index (χ4v) is 2.70. The molecule has 0 fully saturated rings. The minimum absolute atomic E-state index is 0.244. The van der Waals surface area contributed by atoms with Crippen LogP contribution in [0.15, 0.2) is 46.5 Å². The van der Waals surface area contributed by atoms with E-state index >= 15 is 0 Å². The van der Waals surface area contributed by atoms with Gasteiger partial charge >= 0.3 is 0 Å². The lowest BCUT2D eigenvalue weighted by molar-refractivity contribution is 0.199. The lowest BCUT2D eigenvalue weighted by Crippen LogP contribution is -2.19. The molecule has 0 aliphatic carbocycles. The summed E-state index contributed by atoms with van der Waals surface area (Å²) in [5.41, 5.74) is 0.896. The number of nitrogens with one attached hydrogen (secondary N) is 1. The Labute approximate surface area is 132 Å². The van der Waals surface area contributed by atoms with Gasteiger partial charge < -0.3 is 10.1 Å². The number of ether oxygens (including phenoxy) is 1. The highest BCUT2D eigenvalue weighted by atomic mass is 35.5. The molecule has 6 heteroatoms. The van der Waals surface area contributed by atoms with Crippen molar-refractivity contribution in [3.63, 3.8) is 0 Å². The van der Waals surface area contributed by atoms with Crippen molar-refractivity contribution < 1.29 is 9.13 Å². The van der Waals surface area contributed by atoms with E-state index < -0.39 is 0 Å². The average molecular weight is 327 g/mol. The zero-order chi connectivity index (χ0) is 15.1. The lowest BCUT2D eigenvalue weighted by Gasteiger charge is -2.10. The van der Waals surface area contributed by atoms with Crippen LogP contribution in [0.4, 0.5) is 4.39 Å². The summed E-state index contributed by atoms with van der Waals surface area (Å²) in [7, 11) is 1.65. The van der Waals surface area contributed by atoms with Crippen molar-refractivity contribution in [1.29, 1.82) is 0 Å². The highest BCUT2D eigenvalue weighted by molar-refractivity contribution is 7.99. The Bertz CT molecular complexity index is 580. The first kappa shape index (κ1) is 16.2. The predicted octanol–water partition coefficient (Wildman–Crippen LogP) is 3.76. The Morgan fingerprint density at radius 3 is 2.90 bits per heavy atom. The summed E-state index contributed by atoms with van der Waals surface area (Å²) >= 11 is 7.31. The standard InChI is InChI=1S/C15H16ClFN2OS/c1-20-7-6-18-9-11-8-13(17)3-4-14(11)21-15-5-2-12(16)10-19-15/h2-5,8,10,18H,6-7,9H2,1H3. The minimum Gasteiger partial charge on any atom is -0.383 e. The average Bonchev–Trinajstić information content (AvgIpc) is 2.48. The molecule has 0 radical (unpaired) electrons. The van der Waals surface area contributed by atoms with Crippen LogP contribution in [-0.4, -0.2) is 25.2 Å². The second-order valence-corrected chi connectivity index (χ2v) is 5.84. The Hall–Kier alpha value is -1.14. The van der Waals surface area contributed by atoms with Crippen LogP contribution >= 0.6 is 23.4 Å². The third-order valence-electron chi connectivity index (χ3n) is 2.74. The van der Waals surface area contributed by atoms with E-state index in [0.717, 1.165) is 22.0 Å². The van der Waals surface area contributed by atoms with Crippen LogP contribution in [0.1, 0.15) is 5.56 Å². The molecular weight excluding hydrogens is 311 g/mol. The fourth-order valence-electron chi connectivity index (χ4n) is 1.72. The molecule has 1 aromatic heterocycles. The van der Waals surface area contributed by atoms with Crippen LogP contribution in [0.3, 0.4) is 0 Å². The molecule has 0 spiro atoms. The van der Waals surface area contributed by atoms with E-state index in [4.69, 9.17) is 16.3 Å². The van der Waals surface area contributed by atoms with Crippen molar-refractivity contribution in [2.75, 3.05) is 20.3 Å². The van der Waals surface area contributed by atoms with Gasteiger partial charge in [0.05, 0.1) is 11.6 Å². The van der Waals surface area contributed by atoms with Crippen molar-refractivity contribution in [2.45, 2.75) is 16.5 Å². The van der Waals surface area contributed by atoms with Crippen LogP contribution in [-0.2, 0) is 11.3 Å². The smallest absolute Gasteiger partial charge is 0.123 e. The molecule has 1 heterocycles. The predicted molar refractivity (Wildman–Crippen MR) is 83.4 cm³/mol. The fraction of sp³-hybridized carbons (Fsp3) is 0.267. The molecule has 0 saturated heterocycles. The molecule has 0 atom stereocenters. The number of methoxy groups -OCH3 is 1. The van der Waals surface area contributed by atoms with Gasteiger partial charge in [-0.05, 0) is 35.9 Å². The van der Waals surface area contributed by atoms with Crippen molar-refractivity contribution in [3.05, 3.63) is 52.9 Å². The second kappa shape index (κ2) is 8.34. The van der Waals surface area contributed by atoms with Crippen LogP contribution in [0.5, 0.6) is 0 Å². The van der Waals surface area contributed by atoms with Gasteiger partial charge in [-0.2, -0.15) is 0 Å². The number of aromatic nitrogens is 1. The number of hydrogen-bond donors (Lipinski definition) is 1. The van der Waals surface area contributed by atoms with E-state index in [1.165, 1.54) is 23.9 Å². The van der Waals surface area contributed by atoms with E-state index in [0.29, 0.717) is 18.2 Å². The zero-order valence-corrected chi connectivity index (χ0v) is 13.2. The largest absolute Gasteiger partial charge is 0.383 e. The molecule has 0 unspecified atom stereocenters. The van der Waals surface area contributed by atoms with Gasteiger partial charge in [0.15, 0.2) is 0 Å². The summed E-state index contributed by atoms with van der Waals surface area (Å²) in [6.07, 6.45) is 1.60. The van der Waals surface area contributed by atoms with Crippen LogP contribution in [0.2, 0.25) is 5.02 Å². The van der Waals surface area contributed by atoms with Gasteiger partial charge in [0, 0.05) is 31.3 Å². The molecule has 0 amide bonds. The topological polar surface area (TPSA) is 34.1 Å². The van der Waals surface area contributed by atoms with Crippen molar-refractivity contribution in [2.24, 2.45) is 0 Å². The van der Waals surface area contributed by atoms with E-state index in [2.05, 4.69) is 10.3 Å². The Kier molecular flexibility index (Phi) is 6.45. The van der Waals surface area contributed by atoms with Crippen LogP contribution in [0, 0.1) is 5.82 Å². The first-order valence-electron chi connectivity index (χ1n) is 6.46. The number of halogens is 2. The molecule has 0 saturated carbocycles. The molecule has 2 rings (SSSR count). The molecule has 0 aliphatic heterocycles. The van der Waals surface area contributed by atoms with Gasteiger partial charge in [-0.1, -0.05) is 23.4 Å². The molecule has 2 aromatic rings. The molecule has 3 nitrogen and oxygen atoms in total. The number of hydrogen-bond acceptors (Lipinski definition) is 4. The molecule has 0 bridgehead atoms. The summed E-state index contributed by atoms with van der Waals surface area (Å²) in [5, 5.41) is 4.64. The van der Waals surface area contributed by atoms with Crippen molar-refractivity contribution in [3.8, 4) is 0 Å². The molecule has 1 N–H and O–H groups in total. The van der Waals surface area contributed by atoms with Gasteiger partial charge in [0.25, 0.3) is 0 Å².